The molecule has 0 aliphatic carbocycles. The average Bonchev–Trinajstić information content (AvgIpc) is 2.88. The Morgan fingerprint density at radius 2 is 2.12 bits per heavy atom. The van der Waals surface area contributed by atoms with E-state index >= 15 is 0 Å². The molecule has 1 aliphatic rings. The second kappa shape index (κ2) is 9.99. The summed E-state index contributed by atoms with van der Waals surface area (Å²) in [4.78, 5) is 18.4. The third-order valence-corrected chi connectivity index (χ3v) is 4.33. The van der Waals surface area contributed by atoms with Crippen molar-refractivity contribution in [3.05, 3.63) is 29.8 Å². The minimum Gasteiger partial charge on any atom is -0.352 e. The molecule has 0 spiro atoms. The molecule has 1 aliphatic heterocycles. The Bertz CT molecular complexity index is 601. The van der Waals surface area contributed by atoms with Crippen molar-refractivity contribution in [2.75, 3.05) is 25.5 Å². The minimum atomic E-state index is 0. The third-order valence-electron chi connectivity index (χ3n) is 4.33. The molecule has 0 radical (unpaired) electrons. The summed E-state index contributed by atoms with van der Waals surface area (Å²) in [7, 11) is 1.83. The number of hydrogen-bond acceptors (Lipinski definition) is 2. The first kappa shape index (κ1) is 21.7. The zero-order valence-corrected chi connectivity index (χ0v) is 18.1. The highest BCUT2D eigenvalue weighted by molar-refractivity contribution is 14.0. The second-order valence-corrected chi connectivity index (χ2v) is 7.24. The zero-order valence-electron chi connectivity index (χ0n) is 15.8. The van der Waals surface area contributed by atoms with Crippen molar-refractivity contribution in [3.8, 4) is 0 Å². The third kappa shape index (κ3) is 6.84. The van der Waals surface area contributed by atoms with E-state index in [4.69, 9.17) is 0 Å². The van der Waals surface area contributed by atoms with Crippen molar-refractivity contribution in [2.24, 2.45) is 10.4 Å². The molecule has 25 heavy (non-hydrogen) atoms. The lowest BCUT2D eigenvalue weighted by atomic mass is 9.93. The molecule has 6 heteroatoms. The van der Waals surface area contributed by atoms with Gasteiger partial charge in [0, 0.05) is 38.8 Å². The molecule has 0 atom stereocenters. The molecule has 1 amide bonds. The number of anilines is 1. The topological polar surface area (TPSA) is 56.7 Å². The monoisotopic (exact) mass is 458 g/mol. The Balaban J connectivity index is 0.00000312. The van der Waals surface area contributed by atoms with Gasteiger partial charge in [0.05, 0.1) is 0 Å². The maximum Gasteiger partial charge on any atom is 0.224 e. The molecule has 2 N–H and O–H groups in total. The summed E-state index contributed by atoms with van der Waals surface area (Å²) in [5, 5.41) is 6.38. The Morgan fingerprint density at radius 3 is 2.72 bits per heavy atom. The number of carbonyl (C=O) groups is 1. The van der Waals surface area contributed by atoms with Crippen molar-refractivity contribution in [2.45, 2.75) is 46.6 Å². The molecule has 1 fully saturated rings. The van der Waals surface area contributed by atoms with Crippen LogP contribution in [0.25, 0.3) is 0 Å². The van der Waals surface area contributed by atoms with Gasteiger partial charge in [-0.15, -0.1) is 24.0 Å². The highest BCUT2D eigenvalue weighted by atomic mass is 127. The molecule has 0 bridgehead atoms. The molecule has 5 nitrogen and oxygen atoms in total. The molecular formula is C19H31IN4O. The van der Waals surface area contributed by atoms with Gasteiger partial charge in [-0.25, -0.2) is 0 Å². The first-order chi connectivity index (χ1) is 11.4. The number of likely N-dealkylation sites (tertiary alicyclic amines) is 1. The molecule has 2 rings (SSSR count). The molecule has 140 valence electrons. The molecular weight excluding hydrogens is 427 g/mol. The fourth-order valence-electron chi connectivity index (χ4n) is 3.02. The summed E-state index contributed by atoms with van der Waals surface area (Å²) in [6.45, 7) is 9.36. The number of hydrogen-bond donors (Lipinski definition) is 2. The first-order valence-corrected chi connectivity index (χ1v) is 8.78. The molecule has 1 aromatic carbocycles. The second-order valence-electron chi connectivity index (χ2n) is 7.24. The van der Waals surface area contributed by atoms with Crippen LogP contribution in [0.5, 0.6) is 0 Å². The SMILES string of the molecule is CCCC(=O)Nc1cccc(CNC(=NC)N2CCC(C)(C)C2)c1.I. The number of guanidine groups is 1. The Morgan fingerprint density at radius 1 is 1.36 bits per heavy atom. The zero-order chi connectivity index (χ0) is 17.6. The largest absolute Gasteiger partial charge is 0.352 e. The van der Waals surface area contributed by atoms with Crippen LogP contribution < -0.4 is 10.6 Å². The smallest absolute Gasteiger partial charge is 0.224 e. The number of halogens is 1. The van der Waals surface area contributed by atoms with Crippen LogP contribution >= 0.6 is 24.0 Å². The summed E-state index contributed by atoms with van der Waals surface area (Å²) in [5.74, 6) is 1.01. The standard InChI is InChI=1S/C19H30N4O.HI/c1-5-7-17(24)22-16-9-6-8-15(12-16)13-21-18(20-4)23-11-10-19(2,3)14-23;/h6,8-9,12H,5,7,10-11,13-14H2,1-4H3,(H,20,21)(H,22,24);1H. The van der Waals surface area contributed by atoms with E-state index in [-0.39, 0.29) is 29.9 Å². The van der Waals surface area contributed by atoms with Gasteiger partial charge < -0.3 is 15.5 Å². The van der Waals surface area contributed by atoms with Crippen LogP contribution in [-0.2, 0) is 11.3 Å². The molecule has 1 aromatic rings. The summed E-state index contributed by atoms with van der Waals surface area (Å²) < 4.78 is 0. The summed E-state index contributed by atoms with van der Waals surface area (Å²) in [5.41, 5.74) is 2.33. The van der Waals surface area contributed by atoms with E-state index in [1.807, 2.05) is 32.2 Å². The average molecular weight is 458 g/mol. The summed E-state index contributed by atoms with van der Waals surface area (Å²) >= 11 is 0. The summed E-state index contributed by atoms with van der Waals surface area (Å²) in [6.07, 6.45) is 2.60. The predicted octanol–water partition coefficient (Wildman–Crippen LogP) is 3.85. The number of nitrogens with one attached hydrogen (secondary N) is 2. The van der Waals surface area contributed by atoms with E-state index in [0.29, 0.717) is 18.4 Å². The van der Waals surface area contributed by atoms with Gasteiger partial charge in [-0.3, -0.25) is 9.79 Å². The van der Waals surface area contributed by atoms with E-state index in [9.17, 15) is 4.79 Å². The van der Waals surface area contributed by atoms with Gasteiger partial charge in [0.2, 0.25) is 5.91 Å². The number of aliphatic imine (C=N–C) groups is 1. The quantitative estimate of drug-likeness (QED) is 0.401. The molecule has 1 heterocycles. The predicted molar refractivity (Wildman–Crippen MR) is 116 cm³/mol. The van der Waals surface area contributed by atoms with Crippen LogP contribution in [0, 0.1) is 5.41 Å². The van der Waals surface area contributed by atoms with Gasteiger partial charge in [0.25, 0.3) is 0 Å². The van der Waals surface area contributed by atoms with Crippen molar-refractivity contribution in [3.63, 3.8) is 0 Å². The van der Waals surface area contributed by atoms with Gasteiger partial charge in [-0.1, -0.05) is 32.9 Å². The van der Waals surface area contributed by atoms with Crippen molar-refractivity contribution in [1.82, 2.24) is 10.2 Å². The highest BCUT2D eigenvalue weighted by Crippen LogP contribution is 2.28. The normalized spacial score (nSPS) is 16.3. The van der Waals surface area contributed by atoms with Gasteiger partial charge in [0.15, 0.2) is 5.96 Å². The fourth-order valence-corrected chi connectivity index (χ4v) is 3.02. The number of carbonyl (C=O) groups excluding carboxylic acids is 1. The minimum absolute atomic E-state index is 0. The van der Waals surface area contributed by atoms with Crippen LogP contribution in [0.3, 0.4) is 0 Å². The van der Waals surface area contributed by atoms with E-state index in [0.717, 1.165) is 36.7 Å². The van der Waals surface area contributed by atoms with Crippen molar-refractivity contribution < 1.29 is 4.79 Å². The fraction of sp³-hybridized carbons (Fsp3) is 0.579. The molecule has 1 saturated heterocycles. The van der Waals surface area contributed by atoms with Gasteiger partial charge in [0.1, 0.15) is 0 Å². The van der Waals surface area contributed by atoms with Crippen LogP contribution in [-0.4, -0.2) is 36.9 Å². The lowest BCUT2D eigenvalue weighted by Crippen LogP contribution is -2.40. The lowest BCUT2D eigenvalue weighted by molar-refractivity contribution is -0.116. The molecule has 0 aromatic heterocycles. The number of amides is 1. The van der Waals surface area contributed by atoms with Gasteiger partial charge in [-0.2, -0.15) is 0 Å². The number of benzene rings is 1. The van der Waals surface area contributed by atoms with Crippen LogP contribution in [0.1, 0.15) is 45.6 Å². The van der Waals surface area contributed by atoms with Crippen molar-refractivity contribution in [1.29, 1.82) is 0 Å². The molecule has 0 unspecified atom stereocenters. The maximum atomic E-state index is 11.7. The number of rotatable bonds is 5. The van der Waals surface area contributed by atoms with E-state index in [1.165, 1.54) is 6.42 Å². The summed E-state index contributed by atoms with van der Waals surface area (Å²) in [6, 6.07) is 7.97. The first-order valence-electron chi connectivity index (χ1n) is 8.78. The Hall–Kier alpha value is -1.31. The van der Waals surface area contributed by atoms with Crippen LogP contribution in [0.4, 0.5) is 5.69 Å². The maximum absolute atomic E-state index is 11.7. The van der Waals surface area contributed by atoms with Crippen molar-refractivity contribution >= 4 is 41.5 Å². The lowest BCUT2D eigenvalue weighted by Gasteiger charge is -2.23. The van der Waals surface area contributed by atoms with Gasteiger partial charge >= 0.3 is 0 Å². The number of nitrogens with zero attached hydrogens (tertiary/aromatic N) is 2. The molecule has 0 saturated carbocycles. The van der Waals surface area contributed by atoms with E-state index in [2.05, 4.69) is 40.4 Å². The van der Waals surface area contributed by atoms with E-state index in [1.54, 1.807) is 0 Å². The van der Waals surface area contributed by atoms with Gasteiger partial charge in [-0.05, 0) is 36.0 Å². The van der Waals surface area contributed by atoms with Crippen LogP contribution in [0.2, 0.25) is 0 Å². The Kier molecular flexibility index (Phi) is 8.68. The van der Waals surface area contributed by atoms with Crippen LogP contribution in [0.15, 0.2) is 29.3 Å². The Labute approximate surface area is 168 Å². The highest BCUT2D eigenvalue weighted by Gasteiger charge is 2.30. The van der Waals surface area contributed by atoms with E-state index < -0.39 is 0 Å².